The minimum absolute atomic E-state index is 0.449. The second kappa shape index (κ2) is 5.42. The second-order valence-corrected chi connectivity index (χ2v) is 5.10. The Hall–Kier alpha value is -3.41. The van der Waals surface area contributed by atoms with Gasteiger partial charge in [-0.25, -0.2) is 4.98 Å². The topological polar surface area (TPSA) is 92.5 Å². The van der Waals surface area contributed by atoms with Crippen molar-refractivity contribution in [1.29, 1.82) is 0 Å². The van der Waals surface area contributed by atoms with E-state index in [9.17, 15) is 0 Å². The van der Waals surface area contributed by atoms with E-state index in [2.05, 4.69) is 25.5 Å². The summed E-state index contributed by atoms with van der Waals surface area (Å²) in [5, 5.41) is 12.3. The van der Waals surface area contributed by atoms with Crippen LogP contribution in [0.1, 0.15) is 0 Å². The molecule has 0 bridgehead atoms. The van der Waals surface area contributed by atoms with Crippen molar-refractivity contribution in [2.45, 2.75) is 0 Å². The summed E-state index contributed by atoms with van der Waals surface area (Å²) in [7, 11) is 0. The van der Waals surface area contributed by atoms with E-state index in [1.54, 1.807) is 18.6 Å². The summed E-state index contributed by atoms with van der Waals surface area (Å²) >= 11 is 0. The molecule has 6 nitrogen and oxygen atoms in total. The summed E-state index contributed by atoms with van der Waals surface area (Å²) in [6.45, 7) is 0. The molecule has 112 valence electrons. The molecule has 6 heteroatoms. The Morgan fingerprint density at radius 3 is 2.43 bits per heavy atom. The number of nitrogens with zero attached hydrogens (tertiary/aromatic N) is 3. The molecule has 1 aromatic carbocycles. The number of anilines is 3. The van der Waals surface area contributed by atoms with Crippen LogP contribution in [0.4, 0.5) is 17.3 Å². The van der Waals surface area contributed by atoms with Crippen molar-refractivity contribution < 1.29 is 0 Å². The zero-order valence-corrected chi connectivity index (χ0v) is 12.2. The molecule has 0 atom stereocenters. The molecule has 23 heavy (non-hydrogen) atoms. The molecule has 3 aromatic heterocycles. The third-order valence-corrected chi connectivity index (χ3v) is 3.65. The highest BCUT2D eigenvalue weighted by Gasteiger charge is 2.14. The van der Waals surface area contributed by atoms with Gasteiger partial charge in [0.05, 0.1) is 5.69 Å². The van der Waals surface area contributed by atoms with Gasteiger partial charge in [0.1, 0.15) is 11.6 Å². The van der Waals surface area contributed by atoms with Crippen molar-refractivity contribution in [2.75, 3.05) is 11.1 Å². The lowest BCUT2D eigenvalue weighted by atomic mass is 10.0. The number of benzene rings is 1. The molecule has 0 aliphatic heterocycles. The summed E-state index contributed by atoms with van der Waals surface area (Å²) in [6, 6.07) is 13.7. The van der Waals surface area contributed by atoms with Crippen LogP contribution in [-0.2, 0) is 0 Å². The Morgan fingerprint density at radius 1 is 0.913 bits per heavy atom. The van der Waals surface area contributed by atoms with E-state index in [1.807, 2.05) is 42.5 Å². The monoisotopic (exact) mass is 302 g/mol. The van der Waals surface area contributed by atoms with E-state index in [0.717, 1.165) is 27.7 Å². The third-order valence-electron chi connectivity index (χ3n) is 3.65. The summed E-state index contributed by atoms with van der Waals surface area (Å²) in [4.78, 5) is 8.57. The first-order valence-electron chi connectivity index (χ1n) is 7.18. The van der Waals surface area contributed by atoms with Crippen LogP contribution in [0.25, 0.3) is 22.0 Å². The van der Waals surface area contributed by atoms with Gasteiger partial charge >= 0.3 is 0 Å². The smallest absolute Gasteiger partial charge is 0.140 e. The Kier molecular flexibility index (Phi) is 3.12. The van der Waals surface area contributed by atoms with E-state index in [-0.39, 0.29) is 0 Å². The minimum Gasteiger partial charge on any atom is -0.383 e. The highest BCUT2D eigenvalue weighted by molar-refractivity contribution is 6.05. The van der Waals surface area contributed by atoms with E-state index < -0.39 is 0 Å². The number of nitrogens with one attached hydrogen (secondary N) is 2. The number of H-pyrrole nitrogens is 1. The van der Waals surface area contributed by atoms with Gasteiger partial charge in [0.15, 0.2) is 0 Å². The van der Waals surface area contributed by atoms with Gasteiger partial charge in [0.25, 0.3) is 0 Å². The van der Waals surface area contributed by atoms with Crippen LogP contribution in [0.15, 0.2) is 61.1 Å². The summed E-state index contributed by atoms with van der Waals surface area (Å²) < 4.78 is 0. The number of rotatable bonds is 3. The normalized spacial score (nSPS) is 10.8. The number of hydrogen-bond donors (Lipinski definition) is 3. The fourth-order valence-electron chi connectivity index (χ4n) is 2.63. The molecule has 0 spiro atoms. The van der Waals surface area contributed by atoms with Crippen molar-refractivity contribution in [2.24, 2.45) is 0 Å². The standard InChI is InChI=1S/C17H14N6/c18-16-15(14-7-10-20-23-14)12-3-1-2-4-13(12)17(22-16)21-11-5-8-19-9-6-11/h1-10H,(H,20,23)(H3,18,19,21,22). The average molecular weight is 302 g/mol. The number of aromatic amines is 1. The van der Waals surface area contributed by atoms with Gasteiger partial charge in [-0.15, -0.1) is 0 Å². The van der Waals surface area contributed by atoms with Crippen molar-refractivity contribution in [3.05, 3.63) is 61.1 Å². The molecule has 0 fully saturated rings. The largest absolute Gasteiger partial charge is 0.383 e. The number of fused-ring (bicyclic) bond motifs is 1. The SMILES string of the molecule is Nc1nc(Nc2ccncc2)c2ccccc2c1-c1ccn[nH]1. The number of hydrogen-bond acceptors (Lipinski definition) is 5. The number of nitrogens with two attached hydrogens (primary N) is 1. The Bertz CT molecular complexity index is 948. The van der Waals surface area contributed by atoms with Gasteiger partial charge in [0, 0.05) is 35.2 Å². The highest BCUT2D eigenvalue weighted by atomic mass is 15.1. The third kappa shape index (κ3) is 2.36. The molecule has 0 amide bonds. The Balaban J connectivity index is 1.92. The number of nitrogen functional groups attached to an aromatic ring is 1. The van der Waals surface area contributed by atoms with Gasteiger partial charge in [-0.3, -0.25) is 10.1 Å². The van der Waals surface area contributed by atoms with Crippen LogP contribution in [0.5, 0.6) is 0 Å². The van der Waals surface area contributed by atoms with Crippen LogP contribution in [0.2, 0.25) is 0 Å². The van der Waals surface area contributed by atoms with Crippen LogP contribution < -0.4 is 11.1 Å². The highest BCUT2D eigenvalue weighted by Crippen LogP contribution is 2.35. The van der Waals surface area contributed by atoms with Crippen LogP contribution in [-0.4, -0.2) is 20.2 Å². The van der Waals surface area contributed by atoms with Crippen LogP contribution in [0.3, 0.4) is 0 Å². The lowest BCUT2D eigenvalue weighted by Gasteiger charge is -2.13. The quantitative estimate of drug-likeness (QED) is 0.539. The van der Waals surface area contributed by atoms with Crippen molar-refractivity contribution in [1.82, 2.24) is 20.2 Å². The summed E-state index contributed by atoms with van der Waals surface area (Å²) in [6.07, 6.45) is 5.16. The molecular formula is C17H14N6. The molecule has 0 saturated carbocycles. The van der Waals surface area contributed by atoms with Gasteiger partial charge in [-0.2, -0.15) is 5.10 Å². The first-order chi connectivity index (χ1) is 11.3. The molecular weight excluding hydrogens is 288 g/mol. The molecule has 0 aliphatic rings. The zero-order valence-electron chi connectivity index (χ0n) is 12.2. The van der Waals surface area contributed by atoms with Gasteiger partial charge in [-0.1, -0.05) is 24.3 Å². The molecule has 4 aromatic rings. The van der Waals surface area contributed by atoms with Gasteiger partial charge < -0.3 is 11.1 Å². The predicted molar refractivity (Wildman–Crippen MR) is 91.3 cm³/mol. The lowest BCUT2D eigenvalue weighted by molar-refractivity contribution is 1.10. The first kappa shape index (κ1) is 13.3. The summed E-state index contributed by atoms with van der Waals surface area (Å²) in [5.41, 5.74) is 8.84. The maximum atomic E-state index is 6.22. The van der Waals surface area contributed by atoms with Crippen LogP contribution in [0, 0.1) is 0 Å². The fraction of sp³-hybridized carbons (Fsp3) is 0. The van der Waals surface area contributed by atoms with Gasteiger partial charge in [-0.05, 0) is 23.6 Å². The second-order valence-electron chi connectivity index (χ2n) is 5.10. The maximum Gasteiger partial charge on any atom is 0.140 e. The van der Waals surface area contributed by atoms with E-state index >= 15 is 0 Å². The lowest BCUT2D eigenvalue weighted by Crippen LogP contribution is -2.02. The molecule has 4 rings (SSSR count). The fourth-order valence-corrected chi connectivity index (χ4v) is 2.63. The van der Waals surface area contributed by atoms with Gasteiger partial charge in [0.2, 0.25) is 0 Å². The first-order valence-corrected chi connectivity index (χ1v) is 7.18. The number of aromatic nitrogens is 4. The number of pyridine rings is 2. The molecule has 0 unspecified atom stereocenters. The average Bonchev–Trinajstić information content (AvgIpc) is 3.10. The van der Waals surface area contributed by atoms with E-state index in [1.165, 1.54) is 0 Å². The molecule has 4 N–H and O–H groups in total. The maximum absolute atomic E-state index is 6.22. The molecule has 0 radical (unpaired) electrons. The van der Waals surface area contributed by atoms with Crippen molar-refractivity contribution in [3.63, 3.8) is 0 Å². The molecule has 0 saturated heterocycles. The van der Waals surface area contributed by atoms with Crippen molar-refractivity contribution >= 4 is 28.1 Å². The Labute approximate surface area is 132 Å². The van der Waals surface area contributed by atoms with E-state index in [0.29, 0.717) is 11.6 Å². The zero-order chi connectivity index (χ0) is 15.6. The van der Waals surface area contributed by atoms with E-state index in [4.69, 9.17) is 5.73 Å². The van der Waals surface area contributed by atoms with Crippen LogP contribution >= 0.6 is 0 Å². The van der Waals surface area contributed by atoms with Crippen molar-refractivity contribution in [3.8, 4) is 11.3 Å². The summed E-state index contributed by atoms with van der Waals surface area (Å²) in [5.74, 6) is 1.16. The Morgan fingerprint density at radius 2 is 1.70 bits per heavy atom. The molecule has 3 heterocycles. The molecule has 0 aliphatic carbocycles. The predicted octanol–water partition coefficient (Wildman–Crippen LogP) is 3.35. The minimum atomic E-state index is 0.449.